The Morgan fingerprint density at radius 3 is 3.00 bits per heavy atom. The minimum absolute atomic E-state index is 0.721. The van der Waals surface area contributed by atoms with E-state index in [0.717, 1.165) is 30.7 Å². The SMILES string of the molecule is CC1CCCC1NCCc1ncnn1C. The smallest absolute Gasteiger partial charge is 0.138 e. The molecule has 15 heavy (non-hydrogen) atoms. The highest BCUT2D eigenvalue weighted by atomic mass is 15.3. The molecule has 1 aliphatic carbocycles. The van der Waals surface area contributed by atoms with Crippen LogP contribution >= 0.6 is 0 Å². The van der Waals surface area contributed by atoms with Crippen LogP contribution in [-0.4, -0.2) is 27.4 Å². The van der Waals surface area contributed by atoms with Crippen LogP contribution in [-0.2, 0) is 13.5 Å². The van der Waals surface area contributed by atoms with Crippen LogP contribution in [0, 0.1) is 5.92 Å². The largest absolute Gasteiger partial charge is 0.313 e. The summed E-state index contributed by atoms with van der Waals surface area (Å²) in [5, 5.41) is 7.68. The Kier molecular flexibility index (Phi) is 3.36. The van der Waals surface area contributed by atoms with Gasteiger partial charge in [-0.1, -0.05) is 13.3 Å². The van der Waals surface area contributed by atoms with E-state index in [4.69, 9.17) is 0 Å². The number of aromatic nitrogens is 3. The molecule has 2 unspecified atom stereocenters. The molecule has 1 aliphatic rings. The quantitative estimate of drug-likeness (QED) is 0.806. The van der Waals surface area contributed by atoms with Crippen LogP contribution < -0.4 is 5.32 Å². The standard InChI is InChI=1S/C11H20N4/c1-9-4-3-5-10(9)12-7-6-11-13-8-14-15(11)2/h8-10,12H,3-7H2,1-2H3. The lowest BCUT2D eigenvalue weighted by Crippen LogP contribution is -2.33. The fourth-order valence-electron chi connectivity index (χ4n) is 2.36. The number of hydrogen-bond donors (Lipinski definition) is 1. The Morgan fingerprint density at radius 1 is 1.53 bits per heavy atom. The molecule has 0 aromatic carbocycles. The van der Waals surface area contributed by atoms with Gasteiger partial charge in [-0.3, -0.25) is 4.68 Å². The molecule has 0 amide bonds. The van der Waals surface area contributed by atoms with Crippen LogP contribution in [0.25, 0.3) is 0 Å². The molecule has 1 saturated carbocycles. The summed E-state index contributed by atoms with van der Waals surface area (Å²) in [5.41, 5.74) is 0. The first-order chi connectivity index (χ1) is 7.27. The van der Waals surface area contributed by atoms with E-state index >= 15 is 0 Å². The average Bonchev–Trinajstić information content (AvgIpc) is 2.78. The number of aryl methyl sites for hydroxylation is 1. The molecule has 0 saturated heterocycles. The van der Waals surface area contributed by atoms with Gasteiger partial charge in [-0.2, -0.15) is 5.10 Å². The maximum atomic E-state index is 4.21. The van der Waals surface area contributed by atoms with E-state index in [1.807, 2.05) is 11.7 Å². The molecular weight excluding hydrogens is 188 g/mol. The molecule has 1 heterocycles. The van der Waals surface area contributed by atoms with Crippen LogP contribution in [0.2, 0.25) is 0 Å². The van der Waals surface area contributed by atoms with Crippen LogP contribution in [0.15, 0.2) is 6.33 Å². The topological polar surface area (TPSA) is 42.7 Å². The Labute approximate surface area is 91.1 Å². The fraction of sp³-hybridized carbons (Fsp3) is 0.818. The summed E-state index contributed by atoms with van der Waals surface area (Å²) in [5.74, 6) is 1.90. The second kappa shape index (κ2) is 4.75. The first-order valence-corrected chi connectivity index (χ1v) is 5.83. The molecule has 84 valence electrons. The van der Waals surface area contributed by atoms with Crippen molar-refractivity contribution in [3.63, 3.8) is 0 Å². The summed E-state index contributed by atoms with van der Waals surface area (Å²) < 4.78 is 1.85. The molecule has 2 atom stereocenters. The zero-order chi connectivity index (χ0) is 10.7. The Balaban J connectivity index is 1.73. The fourth-order valence-corrected chi connectivity index (χ4v) is 2.36. The predicted molar refractivity (Wildman–Crippen MR) is 59.5 cm³/mol. The Hall–Kier alpha value is -0.900. The van der Waals surface area contributed by atoms with E-state index in [9.17, 15) is 0 Å². The van der Waals surface area contributed by atoms with Crippen LogP contribution in [0.5, 0.6) is 0 Å². The Morgan fingerprint density at radius 2 is 2.40 bits per heavy atom. The predicted octanol–water partition coefficient (Wildman–Crippen LogP) is 1.14. The van der Waals surface area contributed by atoms with E-state index in [2.05, 4.69) is 22.3 Å². The van der Waals surface area contributed by atoms with Crippen molar-refractivity contribution in [2.75, 3.05) is 6.54 Å². The lowest BCUT2D eigenvalue weighted by Gasteiger charge is -2.16. The molecule has 0 aliphatic heterocycles. The summed E-state index contributed by atoms with van der Waals surface area (Å²) in [4.78, 5) is 4.21. The van der Waals surface area contributed by atoms with Crippen LogP contribution in [0.4, 0.5) is 0 Å². The molecule has 4 heteroatoms. The molecule has 4 nitrogen and oxygen atoms in total. The number of nitrogens with zero attached hydrogens (tertiary/aromatic N) is 3. The van der Waals surface area contributed by atoms with Crippen molar-refractivity contribution in [2.24, 2.45) is 13.0 Å². The van der Waals surface area contributed by atoms with Gasteiger partial charge in [0.1, 0.15) is 12.2 Å². The van der Waals surface area contributed by atoms with E-state index in [1.165, 1.54) is 19.3 Å². The summed E-state index contributed by atoms with van der Waals surface area (Å²) >= 11 is 0. The van der Waals surface area contributed by atoms with Crippen molar-refractivity contribution in [2.45, 2.75) is 38.6 Å². The maximum absolute atomic E-state index is 4.21. The van der Waals surface area contributed by atoms with E-state index in [0.29, 0.717) is 0 Å². The molecular formula is C11H20N4. The first-order valence-electron chi connectivity index (χ1n) is 5.83. The third kappa shape index (κ3) is 2.56. The van der Waals surface area contributed by atoms with Gasteiger partial charge in [0.05, 0.1) is 0 Å². The summed E-state index contributed by atoms with van der Waals surface area (Å²) in [7, 11) is 1.94. The van der Waals surface area contributed by atoms with Gasteiger partial charge in [0.15, 0.2) is 0 Å². The minimum Gasteiger partial charge on any atom is -0.313 e. The summed E-state index contributed by atoms with van der Waals surface area (Å²) in [6.45, 7) is 3.36. The zero-order valence-corrected chi connectivity index (χ0v) is 9.61. The van der Waals surface area contributed by atoms with E-state index < -0.39 is 0 Å². The monoisotopic (exact) mass is 208 g/mol. The first kappa shape index (κ1) is 10.6. The molecule has 1 aromatic rings. The average molecular weight is 208 g/mol. The zero-order valence-electron chi connectivity index (χ0n) is 9.61. The van der Waals surface area contributed by atoms with E-state index in [1.54, 1.807) is 6.33 Å². The van der Waals surface area contributed by atoms with Gasteiger partial charge in [-0.25, -0.2) is 4.98 Å². The molecule has 0 radical (unpaired) electrons. The number of nitrogens with one attached hydrogen (secondary N) is 1. The van der Waals surface area contributed by atoms with Gasteiger partial charge in [0.2, 0.25) is 0 Å². The molecule has 1 aromatic heterocycles. The lowest BCUT2D eigenvalue weighted by molar-refractivity contribution is 0.427. The highest BCUT2D eigenvalue weighted by molar-refractivity contribution is 4.86. The third-order valence-corrected chi connectivity index (χ3v) is 3.42. The Bertz CT molecular complexity index is 307. The second-order valence-electron chi connectivity index (χ2n) is 4.52. The van der Waals surface area contributed by atoms with Gasteiger partial charge in [-0.15, -0.1) is 0 Å². The van der Waals surface area contributed by atoms with Gasteiger partial charge < -0.3 is 5.32 Å². The minimum atomic E-state index is 0.721. The van der Waals surface area contributed by atoms with E-state index in [-0.39, 0.29) is 0 Å². The lowest BCUT2D eigenvalue weighted by atomic mass is 10.1. The van der Waals surface area contributed by atoms with Crippen molar-refractivity contribution in [3.8, 4) is 0 Å². The maximum Gasteiger partial charge on any atom is 0.138 e. The van der Waals surface area contributed by atoms with Crippen LogP contribution in [0.1, 0.15) is 32.0 Å². The summed E-state index contributed by atoms with van der Waals surface area (Å²) in [6, 6.07) is 0.721. The normalized spacial score (nSPS) is 26.0. The summed E-state index contributed by atoms with van der Waals surface area (Å²) in [6.07, 6.45) is 6.68. The van der Waals surface area contributed by atoms with Gasteiger partial charge >= 0.3 is 0 Å². The van der Waals surface area contributed by atoms with Crippen molar-refractivity contribution >= 4 is 0 Å². The highest BCUT2D eigenvalue weighted by Gasteiger charge is 2.22. The van der Waals surface area contributed by atoms with Crippen LogP contribution in [0.3, 0.4) is 0 Å². The third-order valence-electron chi connectivity index (χ3n) is 3.42. The second-order valence-corrected chi connectivity index (χ2v) is 4.52. The van der Waals surface area contributed by atoms with Crippen molar-refractivity contribution < 1.29 is 0 Å². The number of rotatable bonds is 4. The van der Waals surface area contributed by atoms with Crippen molar-refractivity contribution in [1.29, 1.82) is 0 Å². The van der Waals surface area contributed by atoms with Crippen molar-refractivity contribution in [1.82, 2.24) is 20.1 Å². The molecule has 0 bridgehead atoms. The van der Waals surface area contributed by atoms with Gasteiger partial charge in [-0.05, 0) is 18.8 Å². The molecule has 1 fully saturated rings. The molecule has 2 rings (SSSR count). The van der Waals surface area contributed by atoms with Crippen molar-refractivity contribution in [3.05, 3.63) is 12.2 Å². The van der Waals surface area contributed by atoms with Gasteiger partial charge in [0.25, 0.3) is 0 Å². The molecule has 0 spiro atoms. The highest BCUT2D eigenvalue weighted by Crippen LogP contribution is 2.24. The molecule has 1 N–H and O–H groups in total. The number of hydrogen-bond acceptors (Lipinski definition) is 3. The van der Waals surface area contributed by atoms with Gasteiger partial charge in [0, 0.05) is 26.1 Å².